The molecule has 18 nitrogen and oxygen atoms in total. The molecule has 4 atom stereocenters. The van der Waals surface area contributed by atoms with Crippen LogP contribution in [0.15, 0.2) is 53.9 Å². The highest BCUT2D eigenvalue weighted by atomic mass is 32.2. The van der Waals surface area contributed by atoms with Crippen LogP contribution in [-0.2, 0) is 53.3 Å². The quantitative estimate of drug-likeness (QED) is 0.116. The van der Waals surface area contributed by atoms with E-state index in [1.807, 2.05) is 32.2 Å². The summed E-state index contributed by atoms with van der Waals surface area (Å²) in [5, 5.41) is 6.10. The van der Waals surface area contributed by atoms with Crippen molar-refractivity contribution in [2.24, 2.45) is 16.7 Å². The average molecular weight is 1020 g/mol. The number of aromatic nitrogens is 3. The first-order valence-electron chi connectivity index (χ1n) is 24.8. The molecular formula is C51H70N10O8S2. The summed E-state index contributed by atoms with van der Waals surface area (Å²) in [6, 6.07) is 7.40. The van der Waals surface area contributed by atoms with Gasteiger partial charge in [-0.25, -0.2) is 29.0 Å². The fraction of sp³-hybridized carbons (Fsp3) is 0.569. The number of hydrogen-bond donors (Lipinski definition) is 3. The van der Waals surface area contributed by atoms with E-state index in [0.717, 1.165) is 50.1 Å². The van der Waals surface area contributed by atoms with Gasteiger partial charge in [0.2, 0.25) is 10.0 Å². The van der Waals surface area contributed by atoms with E-state index in [-0.39, 0.29) is 36.5 Å². The minimum Gasteiger partial charge on any atom is -0.464 e. The topological polar surface area (TPSA) is 201 Å². The second kappa shape index (κ2) is 21.1. The summed E-state index contributed by atoms with van der Waals surface area (Å²) in [5.41, 5.74) is 14.9. The zero-order valence-corrected chi connectivity index (χ0v) is 44.0. The molecule has 20 heteroatoms. The highest BCUT2D eigenvalue weighted by Crippen LogP contribution is 2.43. The van der Waals surface area contributed by atoms with Crippen LogP contribution in [0.5, 0.6) is 0 Å². The van der Waals surface area contributed by atoms with Crippen LogP contribution in [0, 0.1) is 16.7 Å². The van der Waals surface area contributed by atoms with E-state index in [1.54, 1.807) is 25.3 Å². The molecule has 3 N–H and O–H groups in total. The van der Waals surface area contributed by atoms with Gasteiger partial charge in [-0.2, -0.15) is 4.31 Å². The number of hydrazine groups is 2. The van der Waals surface area contributed by atoms with Crippen LogP contribution in [0.25, 0.3) is 33.4 Å². The number of methoxy groups -OCH3 is 1. The number of urea groups is 1. The van der Waals surface area contributed by atoms with Crippen LogP contribution in [0.3, 0.4) is 0 Å². The maximum atomic E-state index is 14.6. The number of fused-ring (bicyclic) bond motifs is 6. The number of benzene rings is 1. The number of nitrogens with one attached hydrogen (secondary N) is 3. The number of sulfonamides is 1. The van der Waals surface area contributed by atoms with E-state index in [2.05, 4.69) is 72.5 Å². The maximum absolute atomic E-state index is 14.6. The molecule has 0 radical (unpaired) electrons. The van der Waals surface area contributed by atoms with Crippen molar-refractivity contribution in [2.75, 3.05) is 53.5 Å². The van der Waals surface area contributed by atoms with Crippen molar-refractivity contribution < 1.29 is 37.1 Å². The Hall–Kier alpha value is -5.25. The van der Waals surface area contributed by atoms with Crippen molar-refractivity contribution in [1.29, 1.82) is 0 Å². The highest BCUT2D eigenvalue weighted by Gasteiger charge is 2.45. The Kier molecular flexibility index (Phi) is 15.5. The summed E-state index contributed by atoms with van der Waals surface area (Å²) in [7, 11) is -0.234. The number of likely N-dealkylation sites (tertiary alicyclic amines) is 1. The third kappa shape index (κ3) is 10.8. The standard InChI is InChI=1S/C51H70N10O8S2/c1-10-60-41-17-16-34-26-36(41)37(45(60)35-14-12-21-52-43(35)33(5)68-9)28-50(6,7)31-69-48(64)38-15-13-22-61(56-38)47(63)39(27-42-53-40(34)29-70-42)54-55-46(62)44(32(3)4)57(8)49(65)58-23-18-51(19-24-58)20-25-59(30-51)71(66,67)11-2/h11-12,14,16-17,21,26,29,32-33,38-39,44,54,56H,2,10,13,15,18-20,22-25,27-28,30-31H2,1,3-9H3,(H,55,62)/t33-,38-,39-,44-/m0/s1. The number of nitrogens with zero attached hydrogens (tertiary/aromatic N) is 7. The van der Waals surface area contributed by atoms with Crippen LogP contribution < -0.4 is 16.3 Å². The molecule has 6 bridgehead atoms. The van der Waals surface area contributed by atoms with Crippen molar-refractivity contribution in [3.63, 3.8) is 0 Å². The Labute approximate surface area is 421 Å². The number of carbonyl (C=O) groups is 4. The number of esters is 1. The van der Waals surface area contributed by atoms with Gasteiger partial charge in [0.1, 0.15) is 18.1 Å². The molecule has 4 aliphatic heterocycles. The predicted octanol–water partition coefficient (Wildman–Crippen LogP) is 6.04. The highest BCUT2D eigenvalue weighted by molar-refractivity contribution is 7.92. The van der Waals surface area contributed by atoms with E-state index >= 15 is 0 Å². The van der Waals surface area contributed by atoms with E-state index in [9.17, 15) is 27.6 Å². The number of aryl methyl sites for hydroxylation is 1. The number of likely N-dealkylation sites (N-methyl/N-ethyl adjacent to an activating group) is 1. The van der Waals surface area contributed by atoms with Gasteiger partial charge >= 0.3 is 12.0 Å². The molecule has 0 saturated carbocycles. The van der Waals surface area contributed by atoms with Crippen LogP contribution in [0.1, 0.15) is 96.0 Å². The van der Waals surface area contributed by atoms with Gasteiger partial charge in [-0.15, -0.1) is 11.3 Å². The number of thiazole rings is 1. The largest absolute Gasteiger partial charge is 0.464 e. The van der Waals surface area contributed by atoms with Crippen LogP contribution in [-0.4, -0.2) is 137 Å². The van der Waals surface area contributed by atoms with E-state index in [0.29, 0.717) is 82.8 Å². The van der Waals surface area contributed by atoms with Gasteiger partial charge in [-0.1, -0.05) is 40.3 Å². The molecule has 4 aromatic rings. The monoisotopic (exact) mass is 1010 g/mol. The Morgan fingerprint density at radius 2 is 1.86 bits per heavy atom. The van der Waals surface area contributed by atoms with E-state index in [4.69, 9.17) is 19.4 Å². The molecule has 3 fully saturated rings. The van der Waals surface area contributed by atoms with Crippen molar-refractivity contribution in [3.05, 3.63) is 70.2 Å². The van der Waals surface area contributed by atoms with Crippen molar-refractivity contribution in [3.8, 4) is 22.5 Å². The molecule has 7 heterocycles. The molecule has 3 aromatic heterocycles. The SMILES string of the molecule is C=CS(=O)(=O)N1CCC2(CCN(C(=O)N(C)[C@H](C(=O)NN[C@H]3Cc4nc(cs4)-c4ccc5c(c4)c(c(-c4cccnc4[C@H](C)OC)n5CC)CC(C)(C)COC(=O)[C@@H]4CCCN(N4)C3=O)C(C)C)CC2)C1. The number of hydrogen-bond acceptors (Lipinski definition) is 13. The van der Waals surface area contributed by atoms with Gasteiger partial charge in [-0.3, -0.25) is 29.8 Å². The summed E-state index contributed by atoms with van der Waals surface area (Å²) in [6.07, 6.45) is 5.23. The number of pyridine rings is 1. The second-order valence-corrected chi connectivity index (χ2v) is 23.6. The van der Waals surface area contributed by atoms with Crippen molar-refractivity contribution in [2.45, 2.75) is 117 Å². The Morgan fingerprint density at radius 3 is 2.56 bits per heavy atom. The lowest BCUT2D eigenvalue weighted by atomic mass is 9.78. The van der Waals surface area contributed by atoms with Gasteiger partial charge in [0, 0.05) is 104 Å². The lowest BCUT2D eigenvalue weighted by molar-refractivity contribution is -0.155. The normalized spacial score (nSPS) is 21.8. The molecule has 4 aliphatic rings. The minimum absolute atomic E-state index is 0.110. The Balaban J connectivity index is 1.07. The van der Waals surface area contributed by atoms with Gasteiger partial charge in [0.15, 0.2) is 0 Å². The lowest BCUT2D eigenvalue weighted by Crippen LogP contribution is -2.63. The first kappa shape index (κ1) is 52.1. The minimum atomic E-state index is -3.53. The Bertz CT molecular complexity index is 2760. The third-order valence-electron chi connectivity index (χ3n) is 14.9. The molecule has 3 saturated heterocycles. The zero-order valence-electron chi connectivity index (χ0n) is 42.3. The summed E-state index contributed by atoms with van der Waals surface area (Å²) < 4.78 is 40.7. The lowest BCUT2D eigenvalue weighted by Gasteiger charge is -2.42. The molecule has 1 aromatic carbocycles. The summed E-state index contributed by atoms with van der Waals surface area (Å²) in [5.74, 6) is -1.65. The number of carbonyl (C=O) groups excluding carboxylic acids is 4. The van der Waals surface area contributed by atoms with Crippen LogP contribution in [0.4, 0.5) is 4.79 Å². The molecule has 71 heavy (non-hydrogen) atoms. The Morgan fingerprint density at radius 1 is 1.11 bits per heavy atom. The van der Waals surface area contributed by atoms with E-state index in [1.165, 1.54) is 25.6 Å². The number of piperidine rings is 1. The van der Waals surface area contributed by atoms with Crippen LogP contribution >= 0.6 is 11.3 Å². The number of rotatable bonds is 11. The third-order valence-corrected chi connectivity index (χ3v) is 17.2. The van der Waals surface area contributed by atoms with Gasteiger partial charge < -0.3 is 23.8 Å². The molecule has 0 aliphatic carbocycles. The number of ether oxygens (including phenoxy) is 2. The van der Waals surface area contributed by atoms with Gasteiger partial charge in [-0.05, 0) is 93.5 Å². The molecular weight excluding hydrogens is 945 g/mol. The fourth-order valence-corrected chi connectivity index (χ4v) is 12.7. The van der Waals surface area contributed by atoms with Crippen molar-refractivity contribution in [1.82, 2.24) is 49.9 Å². The second-order valence-electron chi connectivity index (χ2n) is 20.8. The summed E-state index contributed by atoms with van der Waals surface area (Å²) >= 11 is 1.42. The maximum Gasteiger partial charge on any atom is 0.324 e. The molecule has 1 spiro atoms. The predicted molar refractivity (Wildman–Crippen MR) is 273 cm³/mol. The fourth-order valence-electron chi connectivity index (χ4n) is 10.9. The molecule has 384 valence electrons. The average Bonchev–Trinajstić information content (AvgIpc) is 4.10. The number of amides is 4. The first-order valence-corrected chi connectivity index (χ1v) is 27.2. The number of cyclic esters (lactones) is 1. The summed E-state index contributed by atoms with van der Waals surface area (Å²) in [4.78, 5) is 69.9. The van der Waals surface area contributed by atoms with E-state index < -0.39 is 51.3 Å². The first-order chi connectivity index (χ1) is 33.8. The molecule has 4 amide bonds. The summed E-state index contributed by atoms with van der Waals surface area (Å²) in [6.45, 7) is 18.3. The molecule has 0 unspecified atom stereocenters. The van der Waals surface area contributed by atoms with Gasteiger partial charge in [0.25, 0.3) is 11.8 Å². The van der Waals surface area contributed by atoms with Crippen molar-refractivity contribution >= 4 is 56.1 Å². The van der Waals surface area contributed by atoms with Gasteiger partial charge in [0.05, 0.1) is 34.8 Å². The van der Waals surface area contributed by atoms with Crippen LogP contribution in [0.2, 0.25) is 0 Å². The zero-order chi connectivity index (χ0) is 51.0. The smallest absolute Gasteiger partial charge is 0.324 e. The molecule has 8 rings (SSSR count).